The van der Waals surface area contributed by atoms with E-state index in [1.807, 2.05) is 0 Å². The molecule has 0 amide bonds. The second kappa shape index (κ2) is 10.8. The van der Waals surface area contributed by atoms with Crippen molar-refractivity contribution in [2.24, 2.45) is 0 Å². The van der Waals surface area contributed by atoms with Gasteiger partial charge in [-0.2, -0.15) is 0 Å². The number of hydrogen-bond donors (Lipinski definition) is 0. The molecule has 2 nitrogen and oxygen atoms in total. The Labute approximate surface area is 124 Å². The van der Waals surface area contributed by atoms with Crippen LogP contribution in [0.25, 0.3) is 0 Å². The molecular weight excluding hydrogens is 315 g/mol. The van der Waals surface area contributed by atoms with Crippen molar-refractivity contribution < 1.29 is 29.8 Å². The molecule has 0 unspecified atom stereocenters. The summed E-state index contributed by atoms with van der Waals surface area (Å²) in [5, 5.41) is 0. The van der Waals surface area contributed by atoms with Gasteiger partial charge in [0.05, 0.1) is 0 Å². The van der Waals surface area contributed by atoms with Crippen LogP contribution in [-0.4, -0.2) is 12.6 Å². The van der Waals surface area contributed by atoms with E-state index in [-0.39, 0.29) is 5.97 Å². The third-order valence-electron chi connectivity index (χ3n) is 3.77. The van der Waals surface area contributed by atoms with Crippen molar-refractivity contribution in [3.63, 3.8) is 0 Å². The van der Waals surface area contributed by atoms with E-state index in [1.54, 1.807) is 6.92 Å². The Morgan fingerprint density at radius 2 is 1.47 bits per heavy atom. The average Bonchev–Trinajstić information content (AvgIpc) is 2.35. The molecular formula is C16H32O2Zr. The molecule has 0 aliphatic heterocycles. The minimum atomic E-state index is -1.91. The summed E-state index contributed by atoms with van der Waals surface area (Å²) in [5.74, 6) is -0.234. The van der Waals surface area contributed by atoms with Crippen LogP contribution >= 0.6 is 0 Å². The third-order valence-corrected chi connectivity index (χ3v) is 18.8. The zero-order valence-corrected chi connectivity index (χ0v) is 15.8. The Morgan fingerprint density at radius 3 is 1.84 bits per heavy atom. The van der Waals surface area contributed by atoms with Crippen molar-refractivity contribution in [1.82, 2.24) is 0 Å². The van der Waals surface area contributed by atoms with Crippen LogP contribution in [0, 0.1) is 0 Å². The molecule has 112 valence electrons. The van der Waals surface area contributed by atoms with E-state index in [2.05, 4.69) is 27.4 Å². The van der Waals surface area contributed by atoms with E-state index in [0.717, 1.165) is 6.42 Å². The van der Waals surface area contributed by atoms with Gasteiger partial charge in [-0.3, -0.25) is 0 Å². The average molecular weight is 348 g/mol. The molecule has 0 bridgehead atoms. The van der Waals surface area contributed by atoms with Gasteiger partial charge < -0.3 is 0 Å². The molecule has 0 saturated carbocycles. The predicted octanol–water partition coefficient (Wildman–Crippen LogP) is 5.55. The molecule has 0 rings (SSSR count). The van der Waals surface area contributed by atoms with Crippen molar-refractivity contribution in [2.75, 3.05) is 6.61 Å². The summed E-state index contributed by atoms with van der Waals surface area (Å²) in [6, 6.07) is 0. The van der Waals surface area contributed by atoms with Crippen molar-refractivity contribution >= 4 is 5.97 Å². The zero-order chi connectivity index (χ0) is 14.7. The second-order valence-electron chi connectivity index (χ2n) is 5.77. The predicted molar refractivity (Wildman–Crippen MR) is 80.5 cm³/mol. The summed E-state index contributed by atoms with van der Waals surface area (Å²) in [6.45, 7) is 12.9. The van der Waals surface area contributed by atoms with E-state index in [0.29, 0.717) is 12.2 Å². The topological polar surface area (TPSA) is 26.3 Å². The fraction of sp³-hybridized carbons (Fsp3) is 0.812. The van der Waals surface area contributed by atoms with E-state index >= 15 is 0 Å². The molecule has 0 aromatic carbocycles. The van der Waals surface area contributed by atoms with Gasteiger partial charge in [0.2, 0.25) is 0 Å². The molecule has 3 heteroatoms. The molecule has 0 spiro atoms. The molecule has 0 aliphatic rings. The van der Waals surface area contributed by atoms with Crippen LogP contribution in [0.1, 0.15) is 53.4 Å². The number of hydrogen-bond acceptors (Lipinski definition) is 2. The quantitative estimate of drug-likeness (QED) is 0.278. The maximum absolute atomic E-state index is 11.3. The summed E-state index contributed by atoms with van der Waals surface area (Å²) in [5.41, 5.74) is 0.505. The summed E-state index contributed by atoms with van der Waals surface area (Å²) < 4.78 is 11.1. The fourth-order valence-electron chi connectivity index (χ4n) is 3.08. The van der Waals surface area contributed by atoms with Gasteiger partial charge in [-0.25, -0.2) is 0 Å². The molecule has 0 aromatic rings. The number of carbonyl (C=O) groups is 1. The van der Waals surface area contributed by atoms with Gasteiger partial charge in [0, 0.05) is 0 Å². The number of carbonyl (C=O) groups excluding carboxylic acids is 1. The maximum atomic E-state index is 11.3. The van der Waals surface area contributed by atoms with Gasteiger partial charge in [0.1, 0.15) is 0 Å². The fourth-order valence-corrected chi connectivity index (χ4v) is 16.8. The molecule has 0 radical (unpaired) electrons. The first-order valence-electron chi connectivity index (χ1n) is 7.84. The van der Waals surface area contributed by atoms with E-state index < -0.39 is 20.3 Å². The monoisotopic (exact) mass is 346 g/mol. The van der Waals surface area contributed by atoms with Crippen LogP contribution in [0.2, 0.25) is 16.5 Å². The Kier molecular flexibility index (Phi) is 10.9. The SMILES string of the molecule is C=C(C)C(=O)OCC[CH2][Zr]([CH2]CC)([CH2]CC)[CH2]CC. The molecule has 0 saturated heterocycles. The van der Waals surface area contributed by atoms with Crippen LogP contribution < -0.4 is 0 Å². The third kappa shape index (κ3) is 8.07. The van der Waals surface area contributed by atoms with Crippen molar-refractivity contribution in [3.8, 4) is 0 Å². The molecule has 0 aromatic heterocycles. The number of rotatable bonds is 11. The van der Waals surface area contributed by atoms with Crippen LogP contribution in [0.15, 0.2) is 12.2 Å². The molecule has 0 N–H and O–H groups in total. The summed E-state index contributed by atoms with van der Waals surface area (Å²) in [4.78, 5) is 11.3. The first kappa shape index (κ1) is 19.1. The van der Waals surface area contributed by atoms with E-state index in [1.165, 1.54) is 35.8 Å². The van der Waals surface area contributed by atoms with Crippen LogP contribution in [0.4, 0.5) is 0 Å². The van der Waals surface area contributed by atoms with Gasteiger partial charge in [0.15, 0.2) is 0 Å². The first-order valence-corrected chi connectivity index (χ1v) is 14.8. The molecule has 19 heavy (non-hydrogen) atoms. The van der Waals surface area contributed by atoms with Gasteiger partial charge in [0.25, 0.3) is 0 Å². The Balaban J connectivity index is 4.24. The van der Waals surface area contributed by atoms with Crippen molar-refractivity contribution in [1.29, 1.82) is 0 Å². The molecule has 0 aliphatic carbocycles. The molecule has 0 heterocycles. The molecule has 0 fully saturated rings. The van der Waals surface area contributed by atoms with Crippen molar-refractivity contribution in [2.45, 2.75) is 69.9 Å². The van der Waals surface area contributed by atoms with Crippen LogP contribution in [0.5, 0.6) is 0 Å². The molecule has 0 atom stereocenters. The number of ether oxygens (including phenoxy) is 1. The van der Waals surface area contributed by atoms with Gasteiger partial charge in [-0.15, -0.1) is 0 Å². The summed E-state index contributed by atoms with van der Waals surface area (Å²) in [7, 11) is 0. The Hall–Kier alpha value is 0.0931. The second-order valence-corrected chi connectivity index (χ2v) is 18.1. The standard InChI is InChI=1S/C7H11O2.3C3H7.Zr/c1-4-5-9-7(8)6(2)3;3*1-3-2;/h1-2,4-5H2,3H3;3*1,3H2,2H3;. The van der Waals surface area contributed by atoms with E-state index in [9.17, 15) is 4.79 Å². The summed E-state index contributed by atoms with van der Waals surface area (Å²) >= 11 is -1.91. The van der Waals surface area contributed by atoms with Gasteiger partial charge >= 0.3 is 124 Å². The van der Waals surface area contributed by atoms with Gasteiger partial charge in [-0.1, -0.05) is 0 Å². The minimum absolute atomic E-state index is 0.234. The zero-order valence-electron chi connectivity index (χ0n) is 13.4. The van der Waals surface area contributed by atoms with Crippen LogP contribution in [0.3, 0.4) is 0 Å². The van der Waals surface area contributed by atoms with Crippen LogP contribution in [-0.2, 0) is 29.8 Å². The summed E-state index contributed by atoms with van der Waals surface area (Å²) in [6.07, 6.45) is 5.07. The Bertz CT molecular complexity index is 257. The van der Waals surface area contributed by atoms with E-state index in [4.69, 9.17) is 4.74 Å². The Morgan fingerprint density at radius 1 is 1.00 bits per heavy atom. The van der Waals surface area contributed by atoms with Gasteiger partial charge in [-0.05, 0) is 0 Å². The normalized spacial score (nSPS) is 11.4. The first-order chi connectivity index (χ1) is 9.01. The van der Waals surface area contributed by atoms with Crippen molar-refractivity contribution in [3.05, 3.63) is 12.2 Å². The number of esters is 1.